The van der Waals surface area contributed by atoms with E-state index in [2.05, 4.69) is 30.2 Å². The Morgan fingerprint density at radius 2 is 2.11 bits per heavy atom. The van der Waals surface area contributed by atoms with Gasteiger partial charge in [-0.15, -0.1) is 0 Å². The Morgan fingerprint density at radius 3 is 2.96 bits per heavy atom. The summed E-state index contributed by atoms with van der Waals surface area (Å²) in [7, 11) is 0. The van der Waals surface area contributed by atoms with Crippen molar-refractivity contribution in [2.24, 2.45) is 0 Å². The second-order valence-corrected chi connectivity index (χ2v) is 6.36. The summed E-state index contributed by atoms with van der Waals surface area (Å²) in [4.78, 5) is 19.7. The van der Waals surface area contributed by atoms with Crippen molar-refractivity contribution in [2.45, 2.75) is 13.0 Å². The molecule has 1 aromatic carbocycles. The molecule has 1 atom stereocenters. The monoisotopic (exact) mass is 374 g/mol. The number of hydrogen-bond donors (Lipinski definition) is 2. The highest BCUT2D eigenvalue weighted by molar-refractivity contribution is 5.85. The summed E-state index contributed by atoms with van der Waals surface area (Å²) in [5.41, 5.74) is 3.57. The number of pyridine rings is 1. The van der Waals surface area contributed by atoms with Crippen LogP contribution in [0.4, 0.5) is 10.2 Å². The van der Waals surface area contributed by atoms with E-state index in [0.717, 1.165) is 16.6 Å². The minimum absolute atomic E-state index is 0.247. The van der Waals surface area contributed by atoms with Crippen molar-refractivity contribution in [3.63, 3.8) is 0 Å². The predicted octanol–water partition coefficient (Wildman–Crippen LogP) is 3.40. The third-order valence-electron chi connectivity index (χ3n) is 4.55. The average Bonchev–Trinajstić information content (AvgIpc) is 3.33. The predicted molar refractivity (Wildman–Crippen MR) is 103 cm³/mol. The summed E-state index contributed by atoms with van der Waals surface area (Å²) in [6.07, 6.45) is 6.43. The van der Waals surface area contributed by atoms with Crippen LogP contribution >= 0.6 is 0 Å². The molecule has 0 unspecified atom stereocenters. The molecule has 5 rings (SSSR count). The first kappa shape index (κ1) is 16.3. The molecule has 8 nitrogen and oxygen atoms in total. The van der Waals surface area contributed by atoms with Crippen LogP contribution < -0.4 is 5.32 Å². The second-order valence-electron chi connectivity index (χ2n) is 6.36. The number of benzene rings is 1. The van der Waals surface area contributed by atoms with E-state index in [1.807, 2.05) is 19.1 Å². The number of nitrogens with one attached hydrogen (secondary N) is 2. The summed E-state index contributed by atoms with van der Waals surface area (Å²) in [6, 6.07) is 8.14. The van der Waals surface area contributed by atoms with E-state index in [1.54, 1.807) is 29.5 Å². The zero-order valence-electron chi connectivity index (χ0n) is 14.8. The number of imidazole rings is 1. The van der Waals surface area contributed by atoms with E-state index in [-0.39, 0.29) is 11.9 Å². The van der Waals surface area contributed by atoms with Gasteiger partial charge in [0.25, 0.3) is 0 Å². The highest BCUT2D eigenvalue weighted by Gasteiger charge is 2.19. The molecule has 0 spiro atoms. The van der Waals surface area contributed by atoms with Crippen LogP contribution in [0, 0.1) is 5.82 Å². The van der Waals surface area contributed by atoms with Crippen molar-refractivity contribution >= 4 is 27.9 Å². The Labute approximate surface area is 158 Å². The van der Waals surface area contributed by atoms with Crippen molar-refractivity contribution < 1.29 is 4.39 Å². The lowest BCUT2D eigenvalue weighted by molar-refractivity contribution is 0.629. The van der Waals surface area contributed by atoms with Crippen molar-refractivity contribution in [3.8, 4) is 5.69 Å². The van der Waals surface area contributed by atoms with Crippen LogP contribution in [0.5, 0.6) is 0 Å². The molecular weight excluding hydrogens is 359 g/mol. The second kappa shape index (κ2) is 6.38. The lowest BCUT2D eigenvalue weighted by atomic mass is 10.1. The number of H-pyrrole nitrogens is 1. The highest BCUT2D eigenvalue weighted by Crippen LogP contribution is 2.29. The molecule has 28 heavy (non-hydrogen) atoms. The Bertz CT molecular complexity index is 1280. The number of anilines is 1. The molecule has 0 aliphatic rings. The fourth-order valence-corrected chi connectivity index (χ4v) is 3.26. The molecule has 0 fully saturated rings. The van der Waals surface area contributed by atoms with Gasteiger partial charge in [0.15, 0.2) is 11.5 Å². The Kier molecular flexibility index (Phi) is 3.71. The van der Waals surface area contributed by atoms with Crippen LogP contribution in [0.1, 0.15) is 18.7 Å². The minimum Gasteiger partial charge on any atom is -0.360 e. The number of aromatic amines is 1. The molecule has 9 heteroatoms. The third-order valence-corrected chi connectivity index (χ3v) is 4.55. The lowest BCUT2D eigenvalue weighted by Gasteiger charge is -2.13. The molecule has 0 saturated heterocycles. The van der Waals surface area contributed by atoms with Crippen LogP contribution in [-0.4, -0.2) is 34.7 Å². The van der Waals surface area contributed by atoms with Crippen LogP contribution in [0.15, 0.2) is 55.4 Å². The molecule has 0 radical (unpaired) electrons. The lowest BCUT2D eigenvalue weighted by Crippen LogP contribution is -2.10. The maximum Gasteiger partial charge on any atom is 0.182 e. The third kappa shape index (κ3) is 2.64. The van der Waals surface area contributed by atoms with Gasteiger partial charge in [-0.1, -0.05) is 0 Å². The molecule has 4 aromatic heterocycles. The molecule has 138 valence electrons. The van der Waals surface area contributed by atoms with Crippen molar-refractivity contribution in [1.29, 1.82) is 0 Å². The molecule has 0 amide bonds. The van der Waals surface area contributed by atoms with Gasteiger partial charge in [0.05, 0.1) is 35.5 Å². The topological polar surface area (TPSA) is 97.2 Å². The van der Waals surface area contributed by atoms with E-state index in [1.165, 1.54) is 18.5 Å². The number of rotatable bonds is 4. The van der Waals surface area contributed by atoms with Crippen LogP contribution in [-0.2, 0) is 0 Å². The van der Waals surface area contributed by atoms with Gasteiger partial charge in [-0.25, -0.2) is 24.0 Å². The first-order valence-electron chi connectivity index (χ1n) is 8.70. The maximum absolute atomic E-state index is 14.0. The van der Waals surface area contributed by atoms with Crippen LogP contribution in [0.2, 0.25) is 0 Å². The fraction of sp³-hybridized carbons (Fsp3) is 0.105. The molecule has 0 bridgehead atoms. The fourth-order valence-electron chi connectivity index (χ4n) is 3.26. The van der Waals surface area contributed by atoms with Gasteiger partial charge < -0.3 is 10.3 Å². The van der Waals surface area contributed by atoms with Crippen LogP contribution in [0.3, 0.4) is 0 Å². The number of halogens is 1. The molecule has 0 aliphatic heterocycles. The normalized spacial score (nSPS) is 12.5. The maximum atomic E-state index is 14.0. The largest absolute Gasteiger partial charge is 0.360 e. The van der Waals surface area contributed by atoms with Gasteiger partial charge in [0.2, 0.25) is 0 Å². The molecule has 4 heterocycles. The molecule has 2 N–H and O–H groups in total. The average molecular weight is 374 g/mol. The first-order chi connectivity index (χ1) is 13.7. The Hall–Kier alpha value is -3.88. The molecule has 0 aliphatic carbocycles. The SMILES string of the molecule is C[C@H](Nc1ncnc2nc[nH]c12)c1nn(-c2cccnc2)c2ccc(F)cc12. The molecule has 5 aromatic rings. The first-order valence-corrected chi connectivity index (χ1v) is 8.70. The van der Waals surface area contributed by atoms with Gasteiger partial charge in [-0.05, 0) is 37.3 Å². The summed E-state index contributed by atoms with van der Waals surface area (Å²) >= 11 is 0. The van der Waals surface area contributed by atoms with E-state index >= 15 is 0 Å². The van der Waals surface area contributed by atoms with Crippen molar-refractivity contribution in [1.82, 2.24) is 34.7 Å². The van der Waals surface area contributed by atoms with Gasteiger partial charge in [0.1, 0.15) is 17.7 Å². The highest BCUT2D eigenvalue weighted by atomic mass is 19.1. The van der Waals surface area contributed by atoms with E-state index in [4.69, 9.17) is 5.10 Å². The Balaban J connectivity index is 1.62. The summed E-state index contributed by atoms with van der Waals surface area (Å²) in [5.74, 6) is 0.292. The number of hydrogen-bond acceptors (Lipinski definition) is 6. The van der Waals surface area contributed by atoms with Crippen molar-refractivity contribution in [2.75, 3.05) is 5.32 Å². The zero-order valence-corrected chi connectivity index (χ0v) is 14.8. The quantitative estimate of drug-likeness (QED) is 0.500. The number of fused-ring (bicyclic) bond motifs is 2. The van der Waals surface area contributed by atoms with Gasteiger partial charge in [-0.2, -0.15) is 5.10 Å². The van der Waals surface area contributed by atoms with E-state index < -0.39 is 0 Å². The number of aromatic nitrogens is 7. The van der Waals surface area contributed by atoms with Gasteiger partial charge in [0, 0.05) is 11.6 Å². The van der Waals surface area contributed by atoms with Gasteiger partial charge >= 0.3 is 0 Å². The standard InChI is InChI=1S/C19H15FN8/c1-11(26-19-17-18(23-9-22-17)24-10-25-19)16-14-7-12(20)4-5-15(14)28(27-16)13-3-2-6-21-8-13/h2-11H,1H3,(H2,22,23,24,25,26)/t11-/m0/s1. The minimum atomic E-state index is -0.315. The van der Waals surface area contributed by atoms with E-state index in [0.29, 0.717) is 22.7 Å². The molecular formula is C19H15FN8. The zero-order chi connectivity index (χ0) is 19.1. The summed E-state index contributed by atoms with van der Waals surface area (Å²) < 4.78 is 15.7. The summed E-state index contributed by atoms with van der Waals surface area (Å²) in [5, 5.41) is 8.79. The van der Waals surface area contributed by atoms with Crippen molar-refractivity contribution in [3.05, 3.63) is 66.9 Å². The smallest absolute Gasteiger partial charge is 0.182 e. The van der Waals surface area contributed by atoms with Gasteiger partial charge in [-0.3, -0.25) is 4.98 Å². The van der Waals surface area contributed by atoms with E-state index in [9.17, 15) is 4.39 Å². The number of nitrogens with zero attached hydrogens (tertiary/aromatic N) is 6. The summed E-state index contributed by atoms with van der Waals surface area (Å²) in [6.45, 7) is 1.95. The molecule has 0 saturated carbocycles. The Morgan fingerprint density at radius 1 is 1.18 bits per heavy atom. The van der Waals surface area contributed by atoms with Crippen LogP contribution in [0.25, 0.3) is 27.8 Å².